The van der Waals surface area contributed by atoms with Gasteiger partial charge in [0.2, 0.25) is 0 Å². The van der Waals surface area contributed by atoms with Crippen molar-refractivity contribution in [3.8, 4) is 0 Å². The lowest BCUT2D eigenvalue weighted by atomic mass is 9.46. The molecular formula is C61H105NO2. The van der Waals surface area contributed by atoms with Gasteiger partial charge in [-0.15, -0.1) is 0 Å². The lowest BCUT2D eigenvalue weighted by molar-refractivity contribution is -0.0531. The summed E-state index contributed by atoms with van der Waals surface area (Å²) in [6.07, 6.45) is 39.6. The minimum absolute atomic E-state index is 0.439. The van der Waals surface area contributed by atoms with Crippen molar-refractivity contribution in [3.05, 3.63) is 23.3 Å². The summed E-state index contributed by atoms with van der Waals surface area (Å²) in [7, 11) is 0. The largest absolute Gasteiger partial charge is 0.379 e. The average Bonchev–Trinajstić information content (AvgIpc) is 3.81. The highest BCUT2D eigenvalue weighted by molar-refractivity contribution is 5.27. The van der Waals surface area contributed by atoms with Crippen molar-refractivity contribution in [1.82, 2.24) is 5.32 Å². The summed E-state index contributed by atoms with van der Waals surface area (Å²) < 4.78 is 12.2. The van der Waals surface area contributed by atoms with Gasteiger partial charge in [-0.3, -0.25) is 0 Å². The van der Waals surface area contributed by atoms with Gasteiger partial charge in [-0.1, -0.05) is 131 Å². The van der Waals surface area contributed by atoms with Gasteiger partial charge in [-0.05, 0) is 214 Å². The van der Waals surface area contributed by atoms with Gasteiger partial charge in [0.1, 0.15) is 0 Å². The van der Waals surface area contributed by atoms with E-state index in [-0.39, 0.29) is 0 Å². The monoisotopic (exact) mass is 884 g/mol. The van der Waals surface area contributed by atoms with Crippen LogP contribution in [0.4, 0.5) is 0 Å². The first-order valence-corrected chi connectivity index (χ1v) is 28.9. The van der Waals surface area contributed by atoms with Crippen molar-refractivity contribution in [3.63, 3.8) is 0 Å². The topological polar surface area (TPSA) is 30.5 Å². The van der Waals surface area contributed by atoms with Crippen LogP contribution < -0.4 is 5.32 Å². The number of ether oxygens (including phenoxy) is 2. The summed E-state index contributed by atoms with van der Waals surface area (Å²) >= 11 is 0. The second-order valence-corrected chi connectivity index (χ2v) is 26.9. The molecule has 0 aliphatic heterocycles. The Morgan fingerprint density at radius 2 is 1.05 bits per heavy atom. The van der Waals surface area contributed by atoms with Gasteiger partial charge in [0.15, 0.2) is 0 Å². The van der Waals surface area contributed by atoms with Gasteiger partial charge in [0, 0.05) is 19.2 Å². The molecule has 1 N–H and O–H groups in total. The molecule has 8 aliphatic rings. The van der Waals surface area contributed by atoms with Crippen molar-refractivity contribution < 1.29 is 9.47 Å². The molecule has 0 aromatic carbocycles. The van der Waals surface area contributed by atoms with E-state index in [0.717, 1.165) is 110 Å². The van der Waals surface area contributed by atoms with Crippen LogP contribution in [-0.4, -0.2) is 39.0 Å². The van der Waals surface area contributed by atoms with Crippen LogP contribution >= 0.6 is 0 Å². The first-order chi connectivity index (χ1) is 30.7. The molecule has 16 atom stereocenters. The van der Waals surface area contributed by atoms with Crippen LogP contribution in [0.5, 0.6) is 0 Å². The highest BCUT2D eigenvalue weighted by Crippen LogP contribution is 2.69. The number of rotatable bonds is 21. The standard InChI is InChI=1S/C61H105NO2/c1-42(2)14-11-16-44(5)52-23-25-54-50-21-19-47-40-46(27-31-58(47,7)56(50)29-33-60(52,54)9)18-13-36-63-38-39-64-37-35-62-49-28-32-59(8)48(41-49)20-22-51-55-26-24-53(45(6)17-12-15-43(3)4)61(55,10)34-30-57(51)59/h19-20,42-46,49-57,62H,11-18,21-41H2,1-10H3. The van der Waals surface area contributed by atoms with Crippen LogP contribution in [0.25, 0.3) is 0 Å². The molecule has 0 heterocycles. The number of allylic oxidation sites excluding steroid dienone is 3. The number of fused-ring (bicyclic) bond motifs is 10. The van der Waals surface area contributed by atoms with Gasteiger partial charge in [-0.2, -0.15) is 0 Å². The molecule has 0 aromatic rings. The van der Waals surface area contributed by atoms with E-state index in [1.165, 1.54) is 154 Å². The molecule has 0 amide bonds. The third-order valence-electron chi connectivity index (χ3n) is 22.7. The van der Waals surface area contributed by atoms with Gasteiger partial charge in [0.05, 0.1) is 19.8 Å². The van der Waals surface area contributed by atoms with Crippen LogP contribution in [0.2, 0.25) is 0 Å². The lowest BCUT2D eigenvalue weighted by Gasteiger charge is -2.58. The highest BCUT2D eigenvalue weighted by atomic mass is 16.5. The van der Waals surface area contributed by atoms with Gasteiger partial charge in [-0.25, -0.2) is 0 Å². The van der Waals surface area contributed by atoms with Crippen LogP contribution in [0, 0.1) is 98.6 Å². The fourth-order valence-electron chi connectivity index (χ4n) is 19.0. The van der Waals surface area contributed by atoms with Crippen molar-refractivity contribution >= 4 is 0 Å². The highest BCUT2D eigenvalue weighted by Gasteiger charge is 2.61. The van der Waals surface area contributed by atoms with E-state index >= 15 is 0 Å². The summed E-state index contributed by atoms with van der Waals surface area (Å²) in [5.74, 6) is 11.9. The van der Waals surface area contributed by atoms with E-state index in [2.05, 4.69) is 86.7 Å². The molecule has 0 spiro atoms. The molecule has 3 heteroatoms. The Kier molecular flexibility index (Phi) is 16.4. The Morgan fingerprint density at radius 3 is 1.59 bits per heavy atom. The fraction of sp³-hybridized carbons (Fsp3) is 0.934. The van der Waals surface area contributed by atoms with Crippen LogP contribution in [0.3, 0.4) is 0 Å². The Hall–Kier alpha value is -0.640. The van der Waals surface area contributed by atoms with Gasteiger partial charge < -0.3 is 14.8 Å². The van der Waals surface area contributed by atoms with Gasteiger partial charge in [0.25, 0.3) is 0 Å². The molecule has 8 aliphatic carbocycles. The van der Waals surface area contributed by atoms with E-state index < -0.39 is 0 Å². The Bertz CT molecular complexity index is 1450. The van der Waals surface area contributed by atoms with Crippen LogP contribution in [0.15, 0.2) is 23.3 Å². The maximum Gasteiger partial charge on any atom is 0.0701 e. The first-order valence-electron chi connectivity index (χ1n) is 28.9. The van der Waals surface area contributed by atoms with E-state index in [1.807, 2.05) is 11.1 Å². The molecule has 6 fully saturated rings. The molecule has 0 bridgehead atoms. The van der Waals surface area contributed by atoms with Crippen molar-refractivity contribution in [2.24, 2.45) is 98.6 Å². The molecule has 8 rings (SSSR count). The molecule has 0 saturated heterocycles. The minimum atomic E-state index is 0.439. The third kappa shape index (κ3) is 10.2. The van der Waals surface area contributed by atoms with Crippen LogP contribution in [-0.2, 0) is 9.47 Å². The molecule has 3 nitrogen and oxygen atoms in total. The van der Waals surface area contributed by atoms with E-state index in [0.29, 0.717) is 27.7 Å². The van der Waals surface area contributed by atoms with Crippen molar-refractivity contribution in [2.75, 3.05) is 33.0 Å². The first kappa shape index (κ1) is 49.8. The van der Waals surface area contributed by atoms with Crippen molar-refractivity contribution in [1.29, 1.82) is 0 Å². The Labute approximate surface area is 397 Å². The average molecular weight is 885 g/mol. The molecule has 16 unspecified atom stereocenters. The SMILES string of the molecule is CC(C)CCCC(C)C1CCC2C3CC=C4CC(CCCOCCOCCNC5CCC6(C)C(=CCC7C6CCC6(C)C(C(C)CCCC(C)C)CCC76)C5)CCC4(C)C3CCC12C. The summed E-state index contributed by atoms with van der Waals surface area (Å²) in [5, 5.41) is 3.93. The molecule has 6 saturated carbocycles. The zero-order chi connectivity index (χ0) is 45.3. The summed E-state index contributed by atoms with van der Waals surface area (Å²) in [6.45, 7) is 29.9. The van der Waals surface area contributed by atoms with E-state index in [4.69, 9.17) is 9.47 Å². The lowest BCUT2D eigenvalue weighted by Crippen LogP contribution is -2.52. The van der Waals surface area contributed by atoms with E-state index in [1.54, 1.807) is 0 Å². The predicted octanol–water partition coefficient (Wildman–Crippen LogP) is 16.5. The fourth-order valence-corrected chi connectivity index (χ4v) is 19.0. The van der Waals surface area contributed by atoms with Crippen molar-refractivity contribution in [2.45, 2.75) is 229 Å². The van der Waals surface area contributed by atoms with Crippen LogP contribution in [0.1, 0.15) is 223 Å². The zero-order valence-corrected chi connectivity index (χ0v) is 44.1. The second-order valence-electron chi connectivity index (χ2n) is 26.9. The number of nitrogens with one attached hydrogen (secondary N) is 1. The van der Waals surface area contributed by atoms with E-state index in [9.17, 15) is 0 Å². The Morgan fingerprint density at radius 1 is 0.531 bits per heavy atom. The smallest absolute Gasteiger partial charge is 0.0701 e. The predicted molar refractivity (Wildman–Crippen MR) is 272 cm³/mol. The summed E-state index contributed by atoms with van der Waals surface area (Å²) in [5.41, 5.74) is 5.77. The summed E-state index contributed by atoms with van der Waals surface area (Å²) in [6, 6.07) is 0.618. The molecule has 64 heavy (non-hydrogen) atoms. The number of hydrogen-bond donors (Lipinski definition) is 1. The molecule has 0 radical (unpaired) electrons. The summed E-state index contributed by atoms with van der Waals surface area (Å²) in [4.78, 5) is 0. The maximum absolute atomic E-state index is 6.14. The number of hydrogen-bond acceptors (Lipinski definition) is 3. The molecular weight excluding hydrogens is 779 g/mol. The zero-order valence-electron chi connectivity index (χ0n) is 44.1. The molecule has 366 valence electrons. The normalized spacial score (nSPS) is 42.5. The maximum atomic E-state index is 6.14. The third-order valence-corrected chi connectivity index (χ3v) is 22.7. The second kappa shape index (κ2) is 21.2. The quantitative estimate of drug-likeness (QED) is 0.0920. The van der Waals surface area contributed by atoms with Gasteiger partial charge >= 0.3 is 0 Å². The molecule has 0 aromatic heterocycles. The minimum Gasteiger partial charge on any atom is -0.379 e. The Balaban J connectivity index is 0.691.